The summed E-state index contributed by atoms with van der Waals surface area (Å²) in [6, 6.07) is 5.61. The van der Waals surface area contributed by atoms with Crippen LogP contribution in [0.25, 0.3) is 10.2 Å². The molecular formula is C18H18N4O4S2. The van der Waals surface area contributed by atoms with Gasteiger partial charge in [0.2, 0.25) is 5.91 Å². The summed E-state index contributed by atoms with van der Waals surface area (Å²) in [5.74, 6) is -0.285. The number of carbonyl (C=O) groups excluding carboxylic acids is 1. The van der Waals surface area contributed by atoms with Gasteiger partial charge in [-0.05, 0) is 38.5 Å². The molecule has 1 amide bonds. The highest BCUT2D eigenvalue weighted by Crippen LogP contribution is 2.29. The number of hydrogen-bond acceptors (Lipinski definition) is 7. The minimum Gasteiger partial charge on any atom is -0.325 e. The predicted octanol–water partition coefficient (Wildman–Crippen LogP) is 3.64. The molecule has 146 valence electrons. The molecule has 8 nitrogen and oxygen atoms in total. The fourth-order valence-electron chi connectivity index (χ4n) is 2.58. The van der Waals surface area contributed by atoms with Crippen LogP contribution in [0.15, 0.2) is 34.2 Å². The number of carbonyl (C=O) groups is 1. The van der Waals surface area contributed by atoms with Crippen molar-refractivity contribution in [1.29, 1.82) is 0 Å². The van der Waals surface area contributed by atoms with Crippen LogP contribution in [-0.4, -0.2) is 25.6 Å². The Labute approximate surface area is 168 Å². The summed E-state index contributed by atoms with van der Waals surface area (Å²) in [5, 5.41) is 14.0. The van der Waals surface area contributed by atoms with Crippen molar-refractivity contribution < 1.29 is 9.72 Å². The van der Waals surface area contributed by atoms with Gasteiger partial charge < -0.3 is 5.32 Å². The van der Waals surface area contributed by atoms with E-state index in [1.807, 2.05) is 13.8 Å². The topological polar surface area (TPSA) is 107 Å². The Hall–Kier alpha value is -2.72. The summed E-state index contributed by atoms with van der Waals surface area (Å²) < 4.78 is 1.46. The number of hydrogen-bond donors (Lipinski definition) is 1. The highest BCUT2D eigenvalue weighted by atomic mass is 32.2. The zero-order valence-electron chi connectivity index (χ0n) is 15.7. The van der Waals surface area contributed by atoms with Crippen molar-refractivity contribution in [2.45, 2.75) is 31.2 Å². The fraction of sp³-hybridized carbons (Fsp3) is 0.278. The van der Waals surface area contributed by atoms with Gasteiger partial charge in [0.05, 0.1) is 15.6 Å². The number of rotatable bonds is 5. The molecule has 0 aliphatic rings. The molecule has 3 rings (SSSR count). The molecular weight excluding hydrogens is 400 g/mol. The zero-order chi connectivity index (χ0) is 20.6. The van der Waals surface area contributed by atoms with Crippen LogP contribution in [-0.2, 0) is 11.8 Å². The van der Waals surface area contributed by atoms with Gasteiger partial charge in [0.25, 0.3) is 11.2 Å². The van der Waals surface area contributed by atoms with Gasteiger partial charge in [-0.15, -0.1) is 11.3 Å². The first-order valence-corrected chi connectivity index (χ1v) is 10.1. The maximum absolute atomic E-state index is 12.7. The van der Waals surface area contributed by atoms with Crippen LogP contribution < -0.4 is 10.9 Å². The molecule has 2 aromatic heterocycles. The Bertz CT molecular complexity index is 1140. The van der Waals surface area contributed by atoms with Gasteiger partial charge in [0.15, 0.2) is 5.16 Å². The van der Waals surface area contributed by atoms with E-state index in [-0.39, 0.29) is 17.2 Å². The fourth-order valence-corrected chi connectivity index (χ4v) is 4.53. The van der Waals surface area contributed by atoms with Gasteiger partial charge in [-0.3, -0.25) is 24.3 Å². The van der Waals surface area contributed by atoms with Crippen molar-refractivity contribution in [3.05, 3.63) is 55.2 Å². The van der Waals surface area contributed by atoms with Crippen molar-refractivity contribution >= 4 is 50.6 Å². The minimum absolute atomic E-state index is 0.0468. The molecule has 0 aliphatic carbocycles. The number of nitro benzene ring substituents is 1. The number of nitro groups is 1. The number of non-ortho nitro benzene ring substituents is 1. The lowest BCUT2D eigenvalue weighted by atomic mass is 10.2. The summed E-state index contributed by atoms with van der Waals surface area (Å²) in [5.41, 5.74) is 1.23. The van der Waals surface area contributed by atoms with Crippen LogP contribution in [0.5, 0.6) is 0 Å². The van der Waals surface area contributed by atoms with Crippen molar-refractivity contribution in [3.8, 4) is 0 Å². The van der Waals surface area contributed by atoms with E-state index in [9.17, 15) is 19.7 Å². The van der Waals surface area contributed by atoms with E-state index in [2.05, 4.69) is 10.3 Å². The van der Waals surface area contributed by atoms with Gasteiger partial charge in [-0.25, -0.2) is 4.98 Å². The Morgan fingerprint density at radius 1 is 1.32 bits per heavy atom. The normalized spacial score (nSPS) is 12.1. The number of nitrogens with one attached hydrogen (secondary N) is 1. The van der Waals surface area contributed by atoms with Gasteiger partial charge in [-0.2, -0.15) is 0 Å². The van der Waals surface area contributed by atoms with Gasteiger partial charge in [0, 0.05) is 29.7 Å². The molecule has 10 heteroatoms. The maximum Gasteiger partial charge on any atom is 0.269 e. The average Bonchev–Trinajstić information content (AvgIpc) is 2.93. The first-order chi connectivity index (χ1) is 13.2. The van der Waals surface area contributed by atoms with Crippen LogP contribution >= 0.6 is 23.1 Å². The number of thioether (sulfide) groups is 1. The molecule has 1 unspecified atom stereocenters. The number of thiophene rings is 1. The second-order valence-electron chi connectivity index (χ2n) is 6.28. The molecule has 0 radical (unpaired) electrons. The van der Waals surface area contributed by atoms with E-state index >= 15 is 0 Å². The molecule has 28 heavy (non-hydrogen) atoms. The number of amides is 1. The number of benzene rings is 1. The van der Waals surface area contributed by atoms with E-state index in [4.69, 9.17) is 0 Å². The third kappa shape index (κ3) is 3.78. The first kappa shape index (κ1) is 20.0. The lowest BCUT2D eigenvalue weighted by molar-refractivity contribution is -0.384. The monoisotopic (exact) mass is 418 g/mol. The third-order valence-corrected chi connectivity index (χ3v) is 6.61. The smallest absolute Gasteiger partial charge is 0.269 e. The molecule has 1 aromatic carbocycles. The molecule has 0 saturated carbocycles. The zero-order valence-corrected chi connectivity index (χ0v) is 17.3. The van der Waals surface area contributed by atoms with Gasteiger partial charge >= 0.3 is 0 Å². The lowest BCUT2D eigenvalue weighted by Crippen LogP contribution is -2.25. The van der Waals surface area contributed by atoms with E-state index < -0.39 is 10.2 Å². The molecule has 0 aliphatic heterocycles. The molecule has 0 fully saturated rings. The second-order valence-corrected chi connectivity index (χ2v) is 8.79. The van der Waals surface area contributed by atoms with Gasteiger partial charge in [0.1, 0.15) is 4.83 Å². The molecule has 0 bridgehead atoms. The SMILES string of the molecule is Cc1sc2nc(SC(C)C(=O)Nc3ccc([N+](=O)[O-])cc3)n(C)c(=O)c2c1C. The summed E-state index contributed by atoms with van der Waals surface area (Å²) >= 11 is 2.65. The molecule has 0 spiro atoms. The first-order valence-electron chi connectivity index (χ1n) is 8.37. The maximum atomic E-state index is 12.7. The second kappa shape index (κ2) is 7.72. The largest absolute Gasteiger partial charge is 0.325 e. The number of nitrogens with zero attached hydrogens (tertiary/aromatic N) is 3. The van der Waals surface area contributed by atoms with Crippen molar-refractivity contribution in [2.75, 3.05) is 5.32 Å². The molecule has 2 heterocycles. The van der Waals surface area contributed by atoms with E-state index in [0.717, 1.165) is 10.4 Å². The standard InChI is InChI=1S/C18H18N4O4S2/c1-9-10(2)27-16-14(9)17(24)21(4)18(20-16)28-11(3)15(23)19-12-5-7-13(8-6-12)22(25)26/h5-8,11H,1-4H3,(H,19,23). The number of anilines is 1. The van der Waals surface area contributed by atoms with Crippen LogP contribution in [0, 0.1) is 24.0 Å². The minimum atomic E-state index is -0.520. The summed E-state index contributed by atoms with van der Waals surface area (Å²) in [4.78, 5) is 41.6. The number of fused-ring (bicyclic) bond motifs is 1. The average molecular weight is 419 g/mol. The van der Waals surface area contributed by atoms with Crippen LogP contribution in [0.2, 0.25) is 0 Å². The summed E-state index contributed by atoms with van der Waals surface area (Å²) in [6.07, 6.45) is 0. The van der Waals surface area contributed by atoms with Crippen molar-refractivity contribution in [2.24, 2.45) is 7.05 Å². The highest BCUT2D eigenvalue weighted by molar-refractivity contribution is 8.00. The molecule has 3 aromatic rings. The third-order valence-electron chi connectivity index (χ3n) is 4.37. The van der Waals surface area contributed by atoms with Crippen molar-refractivity contribution in [1.82, 2.24) is 9.55 Å². The Balaban J connectivity index is 1.79. The van der Waals surface area contributed by atoms with E-state index in [0.29, 0.717) is 21.1 Å². The lowest BCUT2D eigenvalue weighted by Gasteiger charge is -2.13. The molecule has 1 N–H and O–H groups in total. The summed E-state index contributed by atoms with van der Waals surface area (Å²) in [7, 11) is 1.64. The van der Waals surface area contributed by atoms with Gasteiger partial charge in [-0.1, -0.05) is 11.8 Å². The predicted molar refractivity (Wildman–Crippen MR) is 111 cm³/mol. The van der Waals surface area contributed by atoms with E-state index in [1.54, 1.807) is 14.0 Å². The van der Waals surface area contributed by atoms with Crippen molar-refractivity contribution in [3.63, 3.8) is 0 Å². The number of aromatic nitrogens is 2. The van der Waals surface area contributed by atoms with Crippen LogP contribution in [0.1, 0.15) is 17.4 Å². The Morgan fingerprint density at radius 3 is 2.57 bits per heavy atom. The molecule has 1 atom stereocenters. The van der Waals surface area contributed by atoms with Crippen LogP contribution in [0.4, 0.5) is 11.4 Å². The molecule has 0 saturated heterocycles. The highest BCUT2D eigenvalue weighted by Gasteiger charge is 2.20. The van der Waals surface area contributed by atoms with E-state index in [1.165, 1.54) is 51.9 Å². The quantitative estimate of drug-likeness (QED) is 0.293. The van der Waals surface area contributed by atoms with Crippen LogP contribution in [0.3, 0.4) is 0 Å². The number of aryl methyl sites for hydroxylation is 2. The summed E-state index contributed by atoms with van der Waals surface area (Å²) in [6.45, 7) is 5.57. The Kier molecular flexibility index (Phi) is 5.52. The Morgan fingerprint density at radius 2 is 1.96 bits per heavy atom.